The molecule has 3 aromatic heterocycles. The maximum Gasteiger partial charge on any atom is 0.435 e. The minimum Gasteiger partial charge on any atom is -0.363 e. The Morgan fingerprint density at radius 1 is 1.17 bits per heavy atom. The number of nitro groups is 1. The molecule has 1 aliphatic heterocycles. The van der Waals surface area contributed by atoms with Crippen molar-refractivity contribution in [2.24, 2.45) is 12.8 Å². The number of rotatable bonds is 6. The fourth-order valence-electron chi connectivity index (χ4n) is 4.60. The van der Waals surface area contributed by atoms with Gasteiger partial charge >= 0.3 is 6.18 Å². The number of nitrogens with one attached hydrogen (secondary N) is 1. The third kappa shape index (κ3) is 5.28. The number of carbonyl (C=O) groups excluding carboxylic acids is 2. The molecule has 4 heterocycles. The maximum absolute atomic E-state index is 14.3. The Morgan fingerprint density at radius 2 is 1.88 bits per heavy atom. The van der Waals surface area contributed by atoms with Gasteiger partial charge in [0.1, 0.15) is 6.20 Å². The van der Waals surface area contributed by atoms with E-state index in [1.807, 2.05) is 0 Å². The molecule has 1 aromatic carbocycles. The molecule has 0 bridgehead atoms. The lowest BCUT2D eigenvalue weighted by Crippen LogP contribution is -2.46. The molecule has 0 spiro atoms. The van der Waals surface area contributed by atoms with Gasteiger partial charge in [-0.3, -0.25) is 19.7 Å². The fourth-order valence-corrected chi connectivity index (χ4v) is 4.86. The van der Waals surface area contributed by atoms with E-state index in [1.54, 1.807) is 4.90 Å². The number of nitrogens with two attached hydrogens (primary N) is 1. The summed E-state index contributed by atoms with van der Waals surface area (Å²) in [6.07, 6.45) is -3.06. The molecule has 2 amide bonds. The van der Waals surface area contributed by atoms with E-state index in [1.165, 1.54) is 25.2 Å². The Morgan fingerprint density at radius 3 is 2.45 bits per heavy atom. The van der Waals surface area contributed by atoms with Gasteiger partial charge in [-0.15, -0.1) is 0 Å². The summed E-state index contributed by atoms with van der Waals surface area (Å²) in [6.45, 7) is 2.21. The van der Waals surface area contributed by atoms with Crippen molar-refractivity contribution in [3.63, 3.8) is 0 Å². The molecule has 42 heavy (non-hydrogen) atoms. The van der Waals surface area contributed by atoms with Crippen LogP contribution in [0.5, 0.6) is 0 Å². The van der Waals surface area contributed by atoms with E-state index in [2.05, 4.69) is 20.4 Å². The van der Waals surface area contributed by atoms with Gasteiger partial charge in [-0.2, -0.15) is 18.3 Å². The van der Waals surface area contributed by atoms with Gasteiger partial charge in [-0.05, 0) is 18.2 Å². The zero-order valence-electron chi connectivity index (χ0n) is 21.7. The number of imidazole rings is 1. The van der Waals surface area contributed by atoms with Crippen molar-refractivity contribution in [2.45, 2.75) is 6.18 Å². The van der Waals surface area contributed by atoms with Crippen LogP contribution in [0.2, 0.25) is 5.02 Å². The summed E-state index contributed by atoms with van der Waals surface area (Å²) in [5, 5.41) is 17.8. The quantitative estimate of drug-likeness (QED) is 0.250. The molecule has 0 unspecified atom stereocenters. The lowest BCUT2D eigenvalue weighted by molar-refractivity contribution is -0.385. The second kappa shape index (κ2) is 10.9. The van der Waals surface area contributed by atoms with E-state index in [0.717, 1.165) is 33.8 Å². The van der Waals surface area contributed by atoms with Crippen LogP contribution in [-0.4, -0.2) is 72.1 Å². The van der Waals surface area contributed by atoms with Gasteiger partial charge in [0.15, 0.2) is 17.3 Å². The number of primary amides is 1. The Hall–Kier alpha value is -4.83. The zero-order chi connectivity index (χ0) is 30.3. The minimum absolute atomic E-state index is 0.0371. The van der Waals surface area contributed by atoms with Crippen molar-refractivity contribution >= 4 is 29.1 Å². The number of pyridine rings is 1. The van der Waals surface area contributed by atoms with Crippen LogP contribution in [0, 0.1) is 10.1 Å². The summed E-state index contributed by atoms with van der Waals surface area (Å²) in [7, 11) is 1.32. The Kier molecular flexibility index (Phi) is 7.42. The van der Waals surface area contributed by atoms with E-state index < -0.39 is 28.3 Å². The van der Waals surface area contributed by atoms with Gasteiger partial charge in [-0.25, -0.2) is 14.6 Å². The first-order valence-electron chi connectivity index (χ1n) is 12.3. The van der Waals surface area contributed by atoms with Crippen LogP contribution in [0.25, 0.3) is 28.3 Å². The SMILES string of the molecule is Cn1c(C(N)=O)nc(-c2ccc(C(=O)N3CCNCC3)c(Cl)c2)c1-c1cn(-c2ccc([N+](=O)[O-])cn2)nc1C(F)(F)F. The standard InChI is InChI=1S/C25H21ClF3N9O4/c1-35-20(16-12-37(34-21(16)25(27,28)29)18-5-3-14(11-32-18)38(41)42)19(33-23(35)22(30)39)13-2-4-15(17(26)10-13)24(40)36-8-6-31-7-9-36/h2-5,10-12,31H,6-9H2,1H3,(H2,30,39). The summed E-state index contributed by atoms with van der Waals surface area (Å²) in [5.74, 6) is -1.77. The number of alkyl halides is 3. The highest BCUT2D eigenvalue weighted by Crippen LogP contribution is 2.41. The number of hydrogen-bond donors (Lipinski definition) is 2. The first-order chi connectivity index (χ1) is 19.9. The van der Waals surface area contributed by atoms with Gasteiger partial charge in [0.2, 0.25) is 0 Å². The molecule has 0 saturated carbocycles. The highest BCUT2D eigenvalue weighted by molar-refractivity contribution is 6.34. The van der Waals surface area contributed by atoms with E-state index in [-0.39, 0.29) is 50.8 Å². The van der Waals surface area contributed by atoms with Crippen molar-refractivity contribution in [2.75, 3.05) is 26.2 Å². The van der Waals surface area contributed by atoms with Crippen LogP contribution in [-0.2, 0) is 13.2 Å². The summed E-state index contributed by atoms with van der Waals surface area (Å²) < 4.78 is 44.7. The number of piperazine rings is 1. The fraction of sp³-hybridized carbons (Fsp3) is 0.240. The second-order valence-corrected chi connectivity index (χ2v) is 9.67. The molecule has 218 valence electrons. The van der Waals surface area contributed by atoms with Crippen LogP contribution in [0.4, 0.5) is 18.9 Å². The third-order valence-corrected chi connectivity index (χ3v) is 6.92. The maximum atomic E-state index is 14.3. The number of amides is 2. The average Bonchev–Trinajstić information content (AvgIpc) is 3.55. The van der Waals surface area contributed by atoms with E-state index in [4.69, 9.17) is 17.3 Å². The highest BCUT2D eigenvalue weighted by atomic mass is 35.5. The van der Waals surface area contributed by atoms with Crippen molar-refractivity contribution < 1.29 is 27.7 Å². The lowest BCUT2D eigenvalue weighted by Gasteiger charge is -2.27. The number of nitrogens with zero attached hydrogens (tertiary/aromatic N) is 7. The molecule has 0 aliphatic carbocycles. The number of carbonyl (C=O) groups is 2. The number of benzene rings is 1. The van der Waals surface area contributed by atoms with Gasteiger partial charge < -0.3 is 20.5 Å². The molecular weight excluding hydrogens is 583 g/mol. The molecule has 1 saturated heterocycles. The highest BCUT2D eigenvalue weighted by Gasteiger charge is 2.40. The summed E-state index contributed by atoms with van der Waals surface area (Å²) >= 11 is 6.48. The number of hydrogen-bond acceptors (Lipinski definition) is 8. The molecule has 4 aromatic rings. The zero-order valence-corrected chi connectivity index (χ0v) is 22.5. The molecule has 5 rings (SSSR count). The largest absolute Gasteiger partial charge is 0.435 e. The molecular formula is C25H21ClF3N9O4. The smallest absolute Gasteiger partial charge is 0.363 e. The van der Waals surface area contributed by atoms with Crippen LogP contribution in [0.3, 0.4) is 0 Å². The van der Waals surface area contributed by atoms with Crippen molar-refractivity contribution in [1.82, 2.24) is 34.5 Å². The van der Waals surface area contributed by atoms with Gasteiger partial charge in [-0.1, -0.05) is 17.7 Å². The topological polar surface area (TPSA) is 167 Å². The monoisotopic (exact) mass is 603 g/mol. The first-order valence-corrected chi connectivity index (χ1v) is 12.7. The predicted octanol–water partition coefficient (Wildman–Crippen LogP) is 3.06. The van der Waals surface area contributed by atoms with Crippen molar-refractivity contribution in [3.05, 3.63) is 74.9 Å². The molecule has 1 aliphatic rings. The number of halogens is 4. The van der Waals surface area contributed by atoms with Gasteiger partial charge in [0.05, 0.1) is 32.5 Å². The van der Waals surface area contributed by atoms with Crippen molar-refractivity contribution in [3.8, 4) is 28.3 Å². The first kappa shape index (κ1) is 28.7. The molecule has 1 fully saturated rings. The second-order valence-electron chi connectivity index (χ2n) is 9.26. The summed E-state index contributed by atoms with van der Waals surface area (Å²) in [5.41, 5.74) is 3.48. The predicted molar refractivity (Wildman–Crippen MR) is 143 cm³/mol. The molecule has 0 radical (unpaired) electrons. The normalized spacial score (nSPS) is 13.8. The minimum atomic E-state index is -4.97. The molecule has 13 nitrogen and oxygen atoms in total. The van der Waals surface area contributed by atoms with Crippen LogP contribution < -0.4 is 11.1 Å². The van der Waals surface area contributed by atoms with Crippen LogP contribution in [0.15, 0.2) is 42.7 Å². The molecule has 3 N–H and O–H groups in total. The lowest BCUT2D eigenvalue weighted by atomic mass is 10.0. The Balaban J connectivity index is 1.65. The van der Waals surface area contributed by atoms with E-state index >= 15 is 0 Å². The Labute approximate surface area is 239 Å². The van der Waals surface area contributed by atoms with Crippen LogP contribution >= 0.6 is 11.6 Å². The van der Waals surface area contributed by atoms with Gasteiger partial charge in [0, 0.05) is 51.1 Å². The van der Waals surface area contributed by atoms with E-state index in [9.17, 15) is 32.9 Å². The average molecular weight is 604 g/mol. The Bertz CT molecular complexity index is 1710. The summed E-state index contributed by atoms with van der Waals surface area (Å²) in [4.78, 5) is 45.2. The van der Waals surface area contributed by atoms with Crippen LogP contribution in [0.1, 0.15) is 26.7 Å². The van der Waals surface area contributed by atoms with Gasteiger partial charge in [0.25, 0.3) is 17.5 Å². The van der Waals surface area contributed by atoms with Crippen molar-refractivity contribution in [1.29, 1.82) is 0 Å². The number of aromatic nitrogens is 5. The third-order valence-electron chi connectivity index (χ3n) is 6.61. The molecule has 17 heteroatoms. The summed E-state index contributed by atoms with van der Waals surface area (Å²) in [6, 6.07) is 6.50. The van der Waals surface area contributed by atoms with E-state index in [0.29, 0.717) is 26.2 Å². The molecule has 0 atom stereocenters.